The molecule has 1 rings (SSSR count). The average Bonchev–Trinajstić information content (AvgIpc) is 2.32. The van der Waals surface area contributed by atoms with E-state index in [0.717, 1.165) is 6.07 Å². The number of halogens is 3. The van der Waals surface area contributed by atoms with Crippen LogP contribution in [0.2, 0.25) is 0 Å². The first-order chi connectivity index (χ1) is 8.45. The van der Waals surface area contributed by atoms with Gasteiger partial charge in [0, 0.05) is 6.07 Å². The van der Waals surface area contributed by atoms with Crippen molar-refractivity contribution in [3.63, 3.8) is 0 Å². The van der Waals surface area contributed by atoms with Gasteiger partial charge >= 0.3 is 0 Å². The van der Waals surface area contributed by atoms with Crippen LogP contribution >= 0.6 is 15.9 Å². The van der Waals surface area contributed by atoms with E-state index >= 15 is 0 Å². The molecular weight excluding hydrogens is 306 g/mol. The molecule has 6 heteroatoms. The molecule has 0 aromatic heterocycles. The molecule has 96 valence electrons. The molecule has 0 aliphatic rings. The summed E-state index contributed by atoms with van der Waals surface area (Å²) < 4.78 is 26.5. The van der Waals surface area contributed by atoms with E-state index in [-0.39, 0.29) is 22.6 Å². The molecule has 0 radical (unpaired) electrons. The zero-order chi connectivity index (χ0) is 13.7. The predicted molar refractivity (Wildman–Crippen MR) is 69.0 cm³/mol. The molecule has 0 saturated heterocycles. The minimum absolute atomic E-state index is 0.0339. The molecule has 1 atom stereocenters. The summed E-state index contributed by atoms with van der Waals surface area (Å²) in [5.41, 5.74) is 0.0339. The Balaban J connectivity index is 2.76. The van der Waals surface area contributed by atoms with Gasteiger partial charge < -0.3 is 10.6 Å². The topological polar surface area (TPSA) is 41.1 Å². The third-order valence-electron chi connectivity index (χ3n) is 2.14. The Labute approximate surface area is 112 Å². The van der Waals surface area contributed by atoms with Crippen LogP contribution in [0.25, 0.3) is 0 Å². The summed E-state index contributed by atoms with van der Waals surface area (Å²) in [7, 11) is 0. The Morgan fingerprint density at radius 3 is 2.78 bits per heavy atom. The van der Waals surface area contributed by atoms with Gasteiger partial charge in [0.2, 0.25) is 5.91 Å². The number of amides is 1. The third kappa shape index (κ3) is 3.70. The van der Waals surface area contributed by atoms with Gasteiger partial charge in [0.05, 0.1) is 16.7 Å². The van der Waals surface area contributed by atoms with E-state index in [1.165, 1.54) is 6.07 Å². The fraction of sp³-hybridized carbons (Fsp3) is 0.250. The molecule has 1 amide bonds. The Kier molecular flexibility index (Phi) is 5.10. The van der Waals surface area contributed by atoms with Crippen molar-refractivity contribution in [2.24, 2.45) is 0 Å². The molecule has 1 aromatic carbocycles. The Hall–Kier alpha value is -1.61. The molecule has 0 heterocycles. The van der Waals surface area contributed by atoms with Gasteiger partial charge in [0.1, 0.15) is 17.7 Å². The van der Waals surface area contributed by atoms with Crippen molar-refractivity contribution < 1.29 is 13.6 Å². The normalized spacial score (nSPS) is 11.5. The lowest BCUT2D eigenvalue weighted by atomic mass is 10.2. The fourth-order valence-corrected chi connectivity index (χ4v) is 1.57. The summed E-state index contributed by atoms with van der Waals surface area (Å²) in [4.78, 5) is 11.5. The monoisotopic (exact) mass is 316 g/mol. The SMILES string of the molecule is C#CCNC(=O)C(C)Nc1cc(Br)c(F)cc1F. The quantitative estimate of drug-likeness (QED) is 0.661. The average molecular weight is 317 g/mol. The molecule has 1 unspecified atom stereocenters. The molecule has 0 aliphatic heterocycles. The van der Waals surface area contributed by atoms with Crippen LogP contribution in [0.4, 0.5) is 14.5 Å². The van der Waals surface area contributed by atoms with Crippen molar-refractivity contribution in [2.75, 3.05) is 11.9 Å². The van der Waals surface area contributed by atoms with Gasteiger partial charge in [-0.3, -0.25) is 4.79 Å². The number of carbonyl (C=O) groups excluding carboxylic acids is 1. The summed E-state index contributed by atoms with van der Waals surface area (Å²) in [5.74, 6) is 0.410. The van der Waals surface area contributed by atoms with E-state index < -0.39 is 17.7 Å². The maximum atomic E-state index is 13.4. The Bertz CT molecular complexity index is 500. The number of anilines is 1. The van der Waals surface area contributed by atoms with Crippen LogP contribution in [-0.2, 0) is 4.79 Å². The van der Waals surface area contributed by atoms with E-state index in [0.29, 0.717) is 0 Å². The summed E-state index contributed by atoms with van der Waals surface area (Å²) >= 11 is 2.94. The second kappa shape index (κ2) is 6.36. The smallest absolute Gasteiger partial charge is 0.242 e. The highest BCUT2D eigenvalue weighted by atomic mass is 79.9. The summed E-state index contributed by atoms with van der Waals surface area (Å²) in [6, 6.07) is 1.28. The first-order valence-electron chi connectivity index (χ1n) is 5.08. The number of rotatable bonds is 4. The number of terminal acetylenes is 1. The number of carbonyl (C=O) groups is 1. The van der Waals surface area contributed by atoms with Crippen molar-refractivity contribution in [3.8, 4) is 12.3 Å². The highest BCUT2D eigenvalue weighted by molar-refractivity contribution is 9.10. The van der Waals surface area contributed by atoms with Gasteiger partial charge in [-0.1, -0.05) is 5.92 Å². The summed E-state index contributed by atoms with van der Waals surface area (Å²) in [6.45, 7) is 1.64. The van der Waals surface area contributed by atoms with Crippen LogP contribution in [0.3, 0.4) is 0 Å². The zero-order valence-electron chi connectivity index (χ0n) is 9.56. The van der Waals surface area contributed by atoms with Gasteiger partial charge in [-0.05, 0) is 28.9 Å². The number of hydrogen-bond donors (Lipinski definition) is 2. The van der Waals surface area contributed by atoms with Gasteiger partial charge in [-0.25, -0.2) is 8.78 Å². The standard InChI is InChI=1S/C12H11BrF2N2O/c1-3-4-16-12(18)7(2)17-11-5-8(13)9(14)6-10(11)15/h1,5-7,17H,4H2,2H3,(H,16,18). The molecule has 0 fully saturated rings. The van der Waals surface area contributed by atoms with Crippen LogP contribution in [0.1, 0.15) is 6.92 Å². The van der Waals surface area contributed by atoms with Crippen molar-refractivity contribution in [2.45, 2.75) is 13.0 Å². The molecule has 0 bridgehead atoms. The van der Waals surface area contributed by atoms with Gasteiger partial charge in [0.15, 0.2) is 0 Å². The minimum atomic E-state index is -0.771. The van der Waals surface area contributed by atoms with Crippen molar-refractivity contribution in [3.05, 3.63) is 28.2 Å². The maximum Gasteiger partial charge on any atom is 0.242 e. The predicted octanol–water partition coefficient (Wildman–Crippen LogP) is 2.28. The zero-order valence-corrected chi connectivity index (χ0v) is 11.1. The lowest BCUT2D eigenvalue weighted by molar-refractivity contribution is -0.121. The van der Waals surface area contributed by atoms with Gasteiger partial charge in [-0.2, -0.15) is 0 Å². The number of hydrogen-bond acceptors (Lipinski definition) is 2. The lowest BCUT2D eigenvalue weighted by Crippen LogP contribution is -2.37. The molecule has 18 heavy (non-hydrogen) atoms. The summed E-state index contributed by atoms with van der Waals surface area (Å²) in [6.07, 6.45) is 5.00. The van der Waals surface area contributed by atoms with E-state index in [1.807, 2.05) is 0 Å². The van der Waals surface area contributed by atoms with E-state index in [2.05, 4.69) is 32.5 Å². The van der Waals surface area contributed by atoms with E-state index in [1.54, 1.807) is 6.92 Å². The molecule has 0 aliphatic carbocycles. The van der Waals surface area contributed by atoms with Crippen LogP contribution in [-0.4, -0.2) is 18.5 Å². The largest absolute Gasteiger partial charge is 0.371 e. The van der Waals surface area contributed by atoms with E-state index in [9.17, 15) is 13.6 Å². The Morgan fingerprint density at radius 2 is 2.17 bits per heavy atom. The van der Waals surface area contributed by atoms with Crippen LogP contribution < -0.4 is 10.6 Å². The third-order valence-corrected chi connectivity index (χ3v) is 2.75. The van der Waals surface area contributed by atoms with Crippen molar-refractivity contribution in [1.29, 1.82) is 0 Å². The first kappa shape index (κ1) is 14.5. The second-order valence-electron chi connectivity index (χ2n) is 3.53. The molecular formula is C12H11BrF2N2O. The van der Waals surface area contributed by atoms with Crippen LogP contribution in [0.5, 0.6) is 0 Å². The van der Waals surface area contributed by atoms with Gasteiger partial charge in [0.25, 0.3) is 0 Å². The molecule has 3 nitrogen and oxygen atoms in total. The number of nitrogens with one attached hydrogen (secondary N) is 2. The molecule has 0 saturated carbocycles. The Morgan fingerprint density at radius 1 is 1.50 bits per heavy atom. The minimum Gasteiger partial charge on any atom is -0.371 e. The lowest BCUT2D eigenvalue weighted by Gasteiger charge is -2.15. The number of benzene rings is 1. The molecule has 0 spiro atoms. The summed E-state index contributed by atoms with van der Waals surface area (Å²) in [5, 5.41) is 5.09. The van der Waals surface area contributed by atoms with E-state index in [4.69, 9.17) is 6.42 Å². The van der Waals surface area contributed by atoms with Crippen LogP contribution in [0.15, 0.2) is 16.6 Å². The second-order valence-corrected chi connectivity index (χ2v) is 4.39. The molecule has 2 N–H and O–H groups in total. The van der Waals surface area contributed by atoms with Crippen LogP contribution in [0, 0.1) is 24.0 Å². The van der Waals surface area contributed by atoms with Crippen molar-refractivity contribution in [1.82, 2.24) is 5.32 Å². The maximum absolute atomic E-state index is 13.4. The van der Waals surface area contributed by atoms with Gasteiger partial charge in [-0.15, -0.1) is 6.42 Å². The van der Waals surface area contributed by atoms with Crippen molar-refractivity contribution >= 4 is 27.5 Å². The highest BCUT2D eigenvalue weighted by Gasteiger charge is 2.15. The fourth-order valence-electron chi connectivity index (χ4n) is 1.22. The highest BCUT2D eigenvalue weighted by Crippen LogP contribution is 2.24. The molecule has 1 aromatic rings. The first-order valence-corrected chi connectivity index (χ1v) is 5.87.